The molecule has 1 aromatic heterocycles. The second-order valence-electron chi connectivity index (χ2n) is 3.85. The molecule has 1 aliphatic rings. The van der Waals surface area contributed by atoms with E-state index < -0.39 is 0 Å². The molecule has 1 heterocycles. The zero-order chi connectivity index (χ0) is 9.54. The van der Waals surface area contributed by atoms with Crippen molar-refractivity contribution in [1.29, 1.82) is 0 Å². The molecule has 3 heteroatoms. The largest absolute Gasteiger partial charge is 0.504 e. The second kappa shape index (κ2) is 2.74. The Labute approximate surface area is 81.3 Å². The maximum atomic E-state index is 9.52. The van der Waals surface area contributed by atoms with Gasteiger partial charge in [0.15, 0.2) is 5.75 Å². The summed E-state index contributed by atoms with van der Waals surface area (Å²) in [5.41, 5.74) is 1.54. The Morgan fingerprint density at radius 2 is 2.21 bits per heavy atom. The average molecular weight is 189 g/mol. The van der Waals surface area contributed by atoms with Gasteiger partial charge in [-0.2, -0.15) is 0 Å². The van der Waals surface area contributed by atoms with E-state index in [0.717, 1.165) is 11.1 Å². The monoisotopic (exact) mass is 189 g/mol. The summed E-state index contributed by atoms with van der Waals surface area (Å²) in [5.74, 6) is 0.721. The van der Waals surface area contributed by atoms with Gasteiger partial charge in [-0.3, -0.25) is 0 Å². The Morgan fingerprint density at radius 1 is 1.36 bits per heavy atom. The Balaban J connectivity index is 2.20. The van der Waals surface area contributed by atoms with Gasteiger partial charge in [0.05, 0.1) is 5.69 Å². The van der Waals surface area contributed by atoms with Gasteiger partial charge in [-0.25, -0.2) is 0 Å². The lowest BCUT2D eigenvalue weighted by molar-refractivity contribution is 0.370. The van der Waals surface area contributed by atoms with Gasteiger partial charge in [0.2, 0.25) is 5.58 Å². The molecule has 0 bridgehead atoms. The molecule has 1 fully saturated rings. The maximum Gasteiger partial charge on any atom is 0.208 e. The molecule has 0 unspecified atom stereocenters. The minimum atomic E-state index is 0.181. The highest BCUT2D eigenvalue weighted by Crippen LogP contribution is 2.40. The molecular formula is C11H11NO2. The highest BCUT2D eigenvalue weighted by atomic mass is 16.5. The summed E-state index contributed by atoms with van der Waals surface area (Å²) < 4.78 is 5.14. The predicted molar refractivity (Wildman–Crippen MR) is 52.3 cm³/mol. The van der Waals surface area contributed by atoms with Gasteiger partial charge in [0.1, 0.15) is 0 Å². The van der Waals surface area contributed by atoms with Crippen molar-refractivity contribution in [3.8, 4) is 5.75 Å². The quantitative estimate of drug-likeness (QED) is 0.750. The van der Waals surface area contributed by atoms with Crippen LogP contribution in [0.5, 0.6) is 5.75 Å². The molecular weight excluding hydrogens is 178 g/mol. The van der Waals surface area contributed by atoms with E-state index in [0.29, 0.717) is 11.5 Å². The SMILES string of the molecule is Oc1cccc2c(C3CCC3)noc12. The fourth-order valence-corrected chi connectivity index (χ4v) is 1.94. The molecule has 2 aromatic rings. The fraction of sp³-hybridized carbons (Fsp3) is 0.364. The van der Waals surface area contributed by atoms with Gasteiger partial charge >= 0.3 is 0 Å². The average Bonchev–Trinajstić information content (AvgIpc) is 2.48. The first kappa shape index (κ1) is 7.85. The van der Waals surface area contributed by atoms with Crippen molar-refractivity contribution in [3.05, 3.63) is 23.9 Å². The van der Waals surface area contributed by atoms with E-state index in [1.807, 2.05) is 12.1 Å². The number of benzene rings is 1. The minimum Gasteiger partial charge on any atom is -0.504 e. The highest BCUT2D eigenvalue weighted by Gasteiger charge is 2.25. The fourth-order valence-electron chi connectivity index (χ4n) is 1.94. The summed E-state index contributed by atoms with van der Waals surface area (Å²) in [7, 11) is 0. The van der Waals surface area contributed by atoms with Gasteiger partial charge in [0, 0.05) is 11.3 Å². The van der Waals surface area contributed by atoms with E-state index in [9.17, 15) is 5.11 Å². The van der Waals surface area contributed by atoms with Gasteiger partial charge in [-0.15, -0.1) is 0 Å². The van der Waals surface area contributed by atoms with Crippen molar-refractivity contribution >= 4 is 11.0 Å². The second-order valence-corrected chi connectivity index (χ2v) is 3.85. The van der Waals surface area contributed by atoms with Gasteiger partial charge < -0.3 is 9.63 Å². The molecule has 1 aromatic carbocycles. The molecule has 1 saturated carbocycles. The first-order chi connectivity index (χ1) is 6.86. The van der Waals surface area contributed by atoms with Crippen LogP contribution in [0.15, 0.2) is 22.7 Å². The Bertz CT molecular complexity index is 471. The smallest absolute Gasteiger partial charge is 0.208 e. The third-order valence-electron chi connectivity index (χ3n) is 3.00. The molecule has 0 aliphatic heterocycles. The third kappa shape index (κ3) is 0.953. The molecule has 14 heavy (non-hydrogen) atoms. The van der Waals surface area contributed by atoms with Crippen LogP contribution >= 0.6 is 0 Å². The number of aromatic nitrogens is 1. The van der Waals surface area contributed by atoms with Crippen LogP contribution in [-0.2, 0) is 0 Å². The van der Waals surface area contributed by atoms with Gasteiger partial charge in [0.25, 0.3) is 0 Å². The summed E-state index contributed by atoms with van der Waals surface area (Å²) in [6, 6.07) is 5.41. The van der Waals surface area contributed by atoms with Crippen molar-refractivity contribution in [1.82, 2.24) is 5.16 Å². The number of nitrogens with zero attached hydrogens (tertiary/aromatic N) is 1. The van der Waals surface area contributed by atoms with E-state index in [4.69, 9.17) is 4.52 Å². The van der Waals surface area contributed by atoms with Crippen molar-refractivity contribution < 1.29 is 9.63 Å². The molecule has 3 nitrogen and oxygen atoms in total. The lowest BCUT2D eigenvalue weighted by atomic mass is 9.82. The van der Waals surface area contributed by atoms with E-state index in [1.54, 1.807) is 6.07 Å². The van der Waals surface area contributed by atoms with Crippen LogP contribution in [0.4, 0.5) is 0 Å². The number of para-hydroxylation sites is 1. The zero-order valence-electron chi connectivity index (χ0n) is 7.73. The van der Waals surface area contributed by atoms with E-state index >= 15 is 0 Å². The summed E-state index contributed by atoms with van der Waals surface area (Å²) in [5, 5.41) is 14.5. The van der Waals surface area contributed by atoms with Crippen LogP contribution in [0, 0.1) is 0 Å². The number of aromatic hydroxyl groups is 1. The zero-order valence-corrected chi connectivity index (χ0v) is 7.73. The van der Waals surface area contributed by atoms with Crippen LogP contribution < -0.4 is 0 Å². The van der Waals surface area contributed by atoms with E-state index in [2.05, 4.69) is 5.16 Å². The van der Waals surface area contributed by atoms with Crippen molar-refractivity contribution in [2.75, 3.05) is 0 Å². The van der Waals surface area contributed by atoms with Crippen LogP contribution in [0.2, 0.25) is 0 Å². The number of rotatable bonds is 1. The van der Waals surface area contributed by atoms with Gasteiger partial charge in [-0.05, 0) is 25.0 Å². The highest BCUT2D eigenvalue weighted by molar-refractivity contribution is 5.85. The Hall–Kier alpha value is -1.51. The molecule has 3 rings (SSSR count). The number of hydrogen-bond donors (Lipinski definition) is 1. The van der Waals surface area contributed by atoms with Gasteiger partial charge in [-0.1, -0.05) is 17.6 Å². The molecule has 0 spiro atoms. The maximum absolute atomic E-state index is 9.52. The van der Waals surface area contributed by atoms with Crippen LogP contribution in [0.3, 0.4) is 0 Å². The molecule has 0 atom stereocenters. The first-order valence-corrected chi connectivity index (χ1v) is 4.93. The van der Waals surface area contributed by atoms with Crippen molar-refractivity contribution in [2.24, 2.45) is 0 Å². The molecule has 1 aliphatic carbocycles. The normalized spacial score (nSPS) is 17.1. The van der Waals surface area contributed by atoms with E-state index in [-0.39, 0.29) is 5.75 Å². The first-order valence-electron chi connectivity index (χ1n) is 4.93. The standard InChI is InChI=1S/C11H11NO2/c13-9-6-2-5-8-10(7-3-1-4-7)12-14-11(8)9/h2,5-7,13H,1,3-4H2. The molecule has 0 amide bonds. The lowest BCUT2D eigenvalue weighted by Crippen LogP contribution is -2.09. The van der Waals surface area contributed by atoms with Crippen LogP contribution in [0.1, 0.15) is 30.9 Å². The summed E-state index contributed by atoms with van der Waals surface area (Å²) in [6.07, 6.45) is 3.66. The van der Waals surface area contributed by atoms with Crippen LogP contribution in [0.25, 0.3) is 11.0 Å². The third-order valence-corrected chi connectivity index (χ3v) is 3.00. The lowest BCUT2D eigenvalue weighted by Gasteiger charge is -2.22. The van der Waals surface area contributed by atoms with Crippen molar-refractivity contribution in [3.63, 3.8) is 0 Å². The summed E-state index contributed by atoms with van der Waals surface area (Å²) in [4.78, 5) is 0. The molecule has 0 radical (unpaired) electrons. The topological polar surface area (TPSA) is 46.3 Å². The van der Waals surface area contributed by atoms with Crippen molar-refractivity contribution in [2.45, 2.75) is 25.2 Å². The minimum absolute atomic E-state index is 0.181. The predicted octanol–water partition coefficient (Wildman–Crippen LogP) is 2.80. The number of hydrogen-bond acceptors (Lipinski definition) is 3. The molecule has 0 saturated heterocycles. The number of fused-ring (bicyclic) bond motifs is 1. The Kier molecular flexibility index (Phi) is 1.54. The number of phenols is 1. The summed E-state index contributed by atoms with van der Waals surface area (Å²) in [6.45, 7) is 0. The molecule has 1 N–H and O–H groups in total. The Morgan fingerprint density at radius 3 is 2.93 bits per heavy atom. The number of phenolic OH excluding ortho intramolecular Hbond substituents is 1. The van der Waals surface area contributed by atoms with Crippen LogP contribution in [-0.4, -0.2) is 10.3 Å². The molecule has 72 valence electrons. The summed E-state index contributed by atoms with van der Waals surface area (Å²) >= 11 is 0. The van der Waals surface area contributed by atoms with E-state index in [1.165, 1.54) is 19.3 Å².